The number of nitrogens with one attached hydrogen (secondary N) is 1. The molecule has 0 radical (unpaired) electrons. The van der Waals surface area contributed by atoms with E-state index in [1.54, 1.807) is 6.92 Å². The van der Waals surface area contributed by atoms with Crippen LogP contribution in [0.4, 0.5) is 0 Å². The molecule has 1 unspecified atom stereocenters. The van der Waals surface area contributed by atoms with Crippen molar-refractivity contribution in [2.24, 2.45) is 11.1 Å². The maximum Gasteiger partial charge on any atom is 0.236 e. The van der Waals surface area contributed by atoms with Crippen molar-refractivity contribution < 1.29 is 9.90 Å². The third-order valence-electron chi connectivity index (χ3n) is 1.94. The van der Waals surface area contributed by atoms with Crippen LogP contribution in [0.3, 0.4) is 0 Å². The summed E-state index contributed by atoms with van der Waals surface area (Å²) in [4.78, 5) is 11.1. The van der Waals surface area contributed by atoms with Gasteiger partial charge in [0.05, 0.1) is 6.04 Å². The fourth-order valence-electron chi connectivity index (χ4n) is 0.878. The lowest BCUT2D eigenvalue weighted by molar-refractivity contribution is -0.122. The first-order chi connectivity index (χ1) is 5.89. The van der Waals surface area contributed by atoms with Gasteiger partial charge in [0.25, 0.3) is 0 Å². The Morgan fingerprint density at radius 1 is 1.62 bits per heavy atom. The predicted molar refractivity (Wildman–Crippen MR) is 52.1 cm³/mol. The topological polar surface area (TPSA) is 75.4 Å². The molecule has 0 aliphatic rings. The van der Waals surface area contributed by atoms with Gasteiger partial charge in [-0.05, 0) is 18.8 Å². The average Bonchev–Trinajstić information content (AvgIpc) is 2.00. The van der Waals surface area contributed by atoms with Crippen LogP contribution in [-0.2, 0) is 4.79 Å². The molecule has 0 heterocycles. The highest BCUT2D eigenvalue weighted by atomic mass is 16.3. The molecule has 4 heteroatoms. The molecule has 0 aromatic carbocycles. The van der Waals surface area contributed by atoms with Crippen LogP contribution in [0.5, 0.6) is 0 Å². The Bertz CT molecular complexity index is 167. The normalized spacial score (nSPS) is 13.9. The second-order valence-corrected chi connectivity index (χ2v) is 4.14. The molecule has 4 nitrogen and oxygen atoms in total. The molecule has 78 valence electrons. The maximum atomic E-state index is 11.1. The summed E-state index contributed by atoms with van der Waals surface area (Å²) in [6.45, 7) is 6.32. The van der Waals surface area contributed by atoms with Crippen molar-refractivity contribution in [2.75, 3.05) is 13.2 Å². The molecule has 0 rings (SSSR count). The maximum absolute atomic E-state index is 11.1. The van der Waals surface area contributed by atoms with Crippen molar-refractivity contribution in [1.29, 1.82) is 0 Å². The second-order valence-electron chi connectivity index (χ2n) is 4.14. The highest BCUT2D eigenvalue weighted by molar-refractivity contribution is 5.80. The van der Waals surface area contributed by atoms with E-state index in [0.717, 1.165) is 0 Å². The molecule has 0 saturated heterocycles. The standard InChI is InChI=1S/C9H20N2O2/c1-7(10)8(13)11-6-9(2,3)4-5-12/h7,12H,4-6,10H2,1-3H3,(H,11,13). The molecule has 0 spiro atoms. The Labute approximate surface area is 79.5 Å². The molecule has 0 aliphatic heterocycles. The van der Waals surface area contributed by atoms with Gasteiger partial charge in [0.2, 0.25) is 5.91 Å². The second kappa shape index (κ2) is 5.19. The predicted octanol–water partition coefficient (Wildman–Crippen LogP) is -0.142. The monoisotopic (exact) mass is 188 g/mol. The lowest BCUT2D eigenvalue weighted by Gasteiger charge is -2.24. The number of aliphatic hydroxyl groups excluding tert-OH is 1. The smallest absolute Gasteiger partial charge is 0.236 e. The van der Waals surface area contributed by atoms with Crippen molar-refractivity contribution in [3.8, 4) is 0 Å². The van der Waals surface area contributed by atoms with Crippen LogP contribution in [0.15, 0.2) is 0 Å². The first-order valence-corrected chi connectivity index (χ1v) is 4.53. The van der Waals surface area contributed by atoms with E-state index in [9.17, 15) is 4.79 Å². The first-order valence-electron chi connectivity index (χ1n) is 4.53. The van der Waals surface area contributed by atoms with Crippen LogP contribution in [0.2, 0.25) is 0 Å². The summed E-state index contributed by atoms with van der Waals surface area (Å²) < 4.78 is 0. The SMILES string of the molecule is CC(N)C(=O)NCC(C)(C)CCO. The number of aliphatic hydroxyl groups is 1. The summed E-state index contributed by atoms with van der Waals surface area (Å²) >= 11 is 0. The Kier molecular flexibility index (Phi) is 4.95. The fourth-order valence-corrected chi connectivity index (χ4v) is 0.878. The zero-order valence-electron chi connectivity index (χ0n) is 8.63. The molecule has 0 aromatic rings. The fraction of sp³-hybridized carbons (Fsp3) is 0.889. The molecule has 0 fully saturated rings. The van der Waals surface area contributed by atoms with Gasteiger partial charge in [0.1, 0.15) is 0 Å². The Morgan fingerprint density at radius 2 is 2.15 bits per heavy atom. The summed E-state index contributed by atoms with van der Waals surface area (Å²) in [6, 6.07) is -0.468. The third-order valence-corrected chi connectivity index (χ3v) is 1.94. The summed E-state index contributed by atoms with van der Waals surface area (Å²) in [5, 5.41) is 11.5. The van der Waals surface area contributed by atoms with Gasteiger partial charge in [-0.15, -0.1) is 0 Å². The van der Waals surface area contributed by atoms with E-state index in [1.807, 2.05) is 13.8 Å². The molecule has 0 saturated carbocycles. The molecule has 1 atom stereocenters. The van der Waals surface area contributed by atoms with Gasteiger partial charge < -0.3 is 16.2 Å². The zero-order chi connectivity index (χ0) is 10.5. The van der Waals surface area contributed by atoms with Crippen molar-refractivity contribution >= 4 is 5.91 Å². The lowest BCUT2D eigenvalue weighted by atomic mass is 9.90. The lowest BCUT2D eigenvalue weighted by Crippen LogP contribution is -2.42. The molecule has 1 amide bonds. The van der Waals surface area contributed by atoms with Gasteiger partial charge in [0.15, 0.2) is 0 Å². The van der Waals surface area contributed by atoms with Crippen molar-refractivity contribution in [3.63, 3.8) is 0 Å². The Balaban J connectivity index is 3.80. The Hall–Kier alpha value is -0.610. The van der Waals surface area contributed by atoms with E-state index in [2.05, 4.69) is 5.32 Å². The molecule has 0 aliphatic carbocycles. The minimum atomic E-state index is -0.468. The quantitative estimate of drug-likeness (QED) is 0.562. The van der Waals surface area contributed by atoms with Gasteiger partial charge >= 0.3 is 0 Å². The minimum absolute atomic E-state index is 0.0701. The highest BCUT2D eigenvalue weighted by Gasteiger charge is 2.18. The minimum Gasteiger partial charge on any atom is -0.396 e. The first kappa shape index (κ1) is 12.4. The Morgan fingerprint density at radius 3 is 2.54 bits per heavy atom. The van der Waals surface area contributed by atoms with Crippen LogP contribution in [0.25, 0.3) is 0 Å². The van der Waals surface area contributed by atoms with Crippen molar-refractivity contribution in [2.45, 2.75) is 33.2 Å². The van der Waals surface area contributed by atoms with Gasteiger partial charge in [-0.1, -0.05) is 13.8 Å². The summed E-state index contributed by atoms with van der Waals surface area (Å²) in [5.74, 6) is -0.147. The van der Waals surface area contributed by atoms with Crippen molar-refractivity contribution in [1.82, 2.24) is 5.32 Å². The van der Waals surface area contributed by atoms with E-state index >= 15 is 0 Å². The number of amides is 1. The number of carbonyl (C=O) groups is 1. The average molecular weight is 188 g/mol. The van der Waals surface area contributed by atoms with Crippen LogP contribution in [0.1, 0.15) is 27.2 Å². The molecular formula is C9H20N2O2. The van der Waals surface area contributed by atoms with Crippen LogP contribution >= 0.6 is 0 Å². The van der Waals surface area contributed by atoms with E-state index in [4.69, 9.17) is 10.8 Å². The third kappa shape index (κ3) is 5.60. The zero-order valence-corrected chi connectivity index (χ0v) is 8.63. The number of nitrogens with two attached hydrogens (primary N) is 1. The molecule has 0 bridgehead atoms. The number of rotatable bonds is 5. The summed E-state index contributed by atoms with van der Waals surface area (Å²) in [7, 11) is 0. The summed E-state index contributed by atoms with van der Waals surface area (Å²) in [6.07, 6.45) is 0.673. The van der Waals surface area contributed by atoms with Crippen LogP contribution < -0.4 is 11.1 Å². The van der Waals surface area contributed by atoms with Crippen molar-refractivity contribution in [3.05, 3.63) is 0 Å². The molecule has 4 N–H and O–H groups in total. The van der Waals surface area contributed by atoms with E-state index < -0.39 is 6.04 Å². The highest BCUT2D eigenvalue weighted by Crippen LogP contribution is 2.17. The molecule has 0 aromatic heterocycles. The van der Waals surface area contributed by atoms with Gasteiger partial charge in [-0.3, -0.25) is 4.79 Å². The largest absolute Gasteiger partial charge is 0.396 e. The van der Waals surface area contributed by atoms with Crippen LogP contribution in [0, 0.1) is 5.41 Å². The van der Waals surface area contributed by atoms with Gasteiger partial charge in [0, 0.05) is 13.2 Å². The molecular weight excluding hydrogens is 168 g/mol. The number of hydrogen-bond donors (Lipinski definition) is 3. The van der Waals surface area contributed by atoms with E-state index in [0.29, 0.717) is 13.0 Å². The van der Waals surface area contributed by atoms with Gasteiger partial charge in [-0.25, -0.2) is 0 Å². The summed E-state index contributed by atoms with van der Waals surface area (Å²) in [5.41, 5.74) is 5.31. The molecule has 13 heavy (non-hydrogen) atoms. The van der Waals surface area contributed by atoms with Gasteiger partial charge in [-0.2, -0.15) is 0 Å². The van der Waals surface area contributed by atoms with Crippen LogP contribution in [-0.4, -0.2) is 30.2 Å². The van der Waals surface area contributed by atoms with E-state index in [1.165, 1.54) is 0 Å². The number of carbonyl (C=O) groups excluding carboxylic acids is 1. The van der Waals surface area contributed by atoms with E-state index in [-0.39, 0.29) is 17.9 Å². The number of hydrogen-bond acceptors (Lipinski definition) is 3.